The maximum absolute atomic E-state index is 12.4. The Morgan fingerprint density at radius 3 is 2.64 bits per heavy atom. The molecule has 0 aromatic carbocycles. The summed E-state index contributed by atoms with van der Waals surface area (Å²) in [5, 5.41) is 0. The summed E-state index contributed by atoms with van der Waals surface area (Å²) >= 11 is 0. The topological polar surface area (TPSA) is 26.3 Å². The van der Waals surface area contributed by atoms with Gasteiger partial charge in [-0.1, -0.05) is 19.9 Å². The van der Waals surface area contributed by atoms with Crippen LogP contribution >= 0.6 is 0 Å². The number of fused-ring (bicyclic) bond motifs is 5. The molecular weight excluding hydrogens is 272 g/mol. The van der Waals surface area contributed by atoms with Crippen molar-refractivity contribution >= 4 is 5.78 Å². The Kier molecular flexibility index (Phi) is 3.12. The smallest absolute Gasteiger partial charge is 0.139 e. The average molecular weight is 300 g/mol. The Morgan fingerprint density at radius 2 is 1.86 bits per heavy atom. The van der Waals surface area contributed by atoms with Gasteiger partial charge in [-0.25, -0.2) is 0 Å². The highest BCUT2D eigenvalue weighted by atomic mass is 16.5. The second-order valence-electron chi connectivity index (χ2n) is 8.42. The van der Waals surface area contributed by atoms with E-state index in [0.29, 0.717) is 17.1 Å². The van der Waals surface area contributed by atoms with Crippen molar-refractivity contribution in [2.45, 2.75) is 58.8 Å². The molecule has 0 amide bonds. The predicted molar refractivity (Wildman–Crippen MR) is 87.2 cm³/mol. The first-order valence-electron chi connectivity index (χ1n) is 8.97. The van der Waals surface area contributed by atoms with Gasteiger partial charge in [0, 0.05) is 18.3 Å². The van der Waals surface area contributed by atoms with E-state index < -0.39 is 0 Å². The lowest BCUT2D eigenvalue weighted by Crippen LogP contribution is -2.49. The van der Waals surface area contributed by atoms with Gasteiger partial charge in [-0.3, -0.25) is 4.79 Å². The molecule has 0 bridgehead atoms. The molecule has 0 spiro atoms. The van der Waals surface area contributed by atoms with E-state index in [-0.39, 0.29) is 5.41 Å². The molecule has 4 rings (SSSR count). The lowest BCUT2D eigenvalue weighted by Gasteiger charge is -2.55. The number of hydrogen-bond acceptors (Lipinski definition) is 2. The summed E-state index contributed by atoms with van der Waals surface area (Å²) in [5.74, 6) is 3.78. The summed E-state index contributed by atoms with van der Waals surface area (Å²) in [5.41, 5.74) is 1.80. The number of carbonyl (C=O) groups is 1. The molecule has 2 saturated carbocycles. The van der Waals surface area contributed by atoms with E-state index in [1.54, 1.807) is 7.11 Å². The summed E-state index contributed by atoms with van der Waals surface area (Å²) in [6.45, 7) is 4.73. The number of ether oxygens (including phenoxy) is 1. The molecule has 0 radical (unpaired) electrons. The number of methoxy groups -OCH3 is 1. The summed E-state index contributed by atoms with van der Waals surface area (Å²) in [4.78, 5) is 12.4. The van der Waals surface area contributed by atoms with Crippen LogP contribution in [0.15, 0.2) is 23.5 Å². The number of hydrogen-bond donors (Lipinski definition) is 0. The highest BCUT2D eigenvalue weighted by molar-refractivity contribution is 5.87. The van der Waals surface area contributed by atoms with Crippen LogP contribution in [-0.2, 0) is 9.53 Å². The molecule has 5 atom stereocenters. The molecule has 2 heteroatoms. The number of ketones is 1. The number of carbonyl (C=O) groups excluding carboxylic acids is 1. The third-order valence-electron chi connectivity index (χ3n) is 7.70. The Bertz CT molecular complexity index is 572. The number of rotatable bonds is 1. The molecule has 4 aliphatic carbocycles. The second-order valence-corrected chi connectivity index (χ2v) is 8.42. The molecule has 0 unspecified atom stereocenters. The molecule has 120 valence electrons. The molecule has 0 saturated heterocycles. The molecule has 22 heavy (non-hydrogen) atoms. The minimum atomic E-state index is -0.00886. The lowest BCUT2D eigenvalue weighted by atomic mass is 9.49. The minimum absolute atomic E-state index is 0.00886. The van der Waals surface area contributed by atoms with Gasteiger partial charge in [0.2, 0.25) is 0 Å². The number of Topliss-reactive ketones (excluding diaryl/α,β-unsaturated/α-hetero) is 1. The van der Waals surface area contributed by atoms with Crippen LogP contribution in [0.25, 0.3) is 0 Å². The third-order valence-corrected chi connectivity index (χ3v) is 7.70. The molecule has 0 N–H and O–H groups in total. The van der Waals surface area contributed by atoms with Gasteiger partial charge in [0.25, 0.3) is 0 Å². The molecule has 2 nitrogen and oxygen atoms in total. The van der Waals surface area contributed by atoms with Crippen LogP contribution < -0.4 is 0 Å². The van der Waals surface area contributed by atoms with Gasteiger partial charge < -0.3 is 4.74 Å². The van der Waals surface area contributed by atoms with Crippen molar-refractivity contribution in [1.29, 1.82) is 0 Å². The van der Waals surface area contributed by atoms with Crippen LogP contribution in [0, 0.1) is 28.6 Å². The Balaban J connectivity index is 1.71. The minimum Gasteiger partial charge on any atom is -0.501 e. The van der Waals surface area contributed by atoms with Crippen molar-refractivity contribution in [2.75, 3.05) is 7.11 Å². The summed E-state index contributed by atoms with van der Waals surface area (Å²) in [6.07, 6.45) is 12.5. The van der Waals surface area contributed by atoms with Gasteiger partial charge >= 0.3 is 0 Å². The summed E-state index contributed by atoms with van der Waals surface area (Å²) < 4.78 is 5.50. The number of allylic oxidation sites excluding steroid dienone is 4. The Morgan fingerprint density at radius 1 is 1.09 bits per heavy atom. The fourth-order valence-corrected chi connectivity index (χ4v) is 6.23. The van der Waals surface area contributed by atoms with Crippen molar-refractivity contribution in [3.8, 4) is 0 Å². The van der Waals surface area contributed by atoms with Crippen LogP contribution in [0.4, 0.5) is 0 Å². The highest BCUT2D eigenvalue weighted by Crippen LogP contribution is 2.63. The van der Waals surface area contributed by atoms with E-state index in [9.17, 15) is 4.79 Å². The average Bonchev–Trinajstić information content (AvgIpc) is 2.82. The van der Waals surface area contributed by atoms with Crippen molar-refractivity contribution in [3.05, 3.63) is 23.5 Å². The molecule has 0 aromatic rings. The second kappa shape index (κ2) is 4.72. The van der Waals surface area contributed by atoms with Crippen molar-refractivity contribution in [2.24, 2.45) is 28.6 Å². The van der Waals surface area contributed by atoms with Crippen LogP contribution in [-0.4, -0.2) is 12.9 Å². The maximum Gasteiger partial charge on any atom is 0.139 e. The van der Waals surface area contributed by atoms with E-state index in [2.05, 4.69) is 26.0 Å². The van der Waals surface area contributed by atoms with E-state index >= 15 is 0 Å². The van der Waals surface area contributed by atoms with E-state index in [1.165, 1.54) is 18.4 Å². The first-order chi connectivity index (χ1) is 10.5. The normalized spacial score (nSPS) is 47.0. The zero-order valence-corrected chi connectivity index (χ0v) is 14.2. The third kappa shape index (κ3) is 1.76. The van der Waals surface area contributed by atoms with E-state index in [1.807, 2.05) is 0 Å². The first kappa shape index (κ1) is 14.5. The van der Waals surface area contributed by atoms with Crippen LogP contribution in [0.2, 0.25) is 0 Å². The standard InChI is InChI=1S/C20H28O2/c1-19-10-8-14(22-3)12-13(19)4-5-15-16-6-7-18(21)20(16,2)11-9-17(15)19/h4,12,15-17H,5-11H2,1-3H3/t15-,16-,17+,19-,20-/m0/s1. The van der Waals surface area contributed by atoms with Crippen molar-refractivity contribution in [1.82, 2.24) is 0 Å². The summed E-state index contributed by atoms with van der Waals surface area (Å²) in [6, 6.07) is 0. The molecule has 0 heterocycles. The van der Waals surface area contributed by atoms with Gasteiger partial charge in [0.15, 0.2) is 0 Å². The molecule has 4 aliphatic rings. The zero-order chi connectivity index (χ0) is 15.5. The van der Waals surface area contributed by atoms with E-state index in [0.717, 1.165) is 49.7 Å². The van der Waals surface area contributed by atoms with Crippen LogP contribution in [0.5, 0.6) is 0 Å². The molecule has 2 fully saturated rings. The van der Waals surface area contributed by atoms with Crippen LogP contribution in [0.3, 0.4) is 0 Å². The monoisotopic (exact) mass is 300 g/mol. The van der Waals surface area contributed by atoms with Gasteiger partial charge in [-0.15, -0.1) is 0 Å². The van der Waals surface area contributed by atoms with Crippen LogP contribution in [0.1, 0.15) is 58.8 Å². The SMILES string of the molecule is COC1=CC2=CC[C@@H]3[C@@H](CC[C@]4(C)C(=O)CC[C@@H]34)[C@@]2(C)CC1. The summed E-state index contributed by atoms with van der Waals surface area (Å²) in [7, 11) is 1.79. The highest BCUT2D eigenvalue weighted by Gasteiger charge is 2.58. The first-order valence-corrected chi connectivity index (χ1v) is 8.97. The zero-order valence-electron chi connectivity index (χ0n) is 14.2. The molecular formula is C20H28O2. The molecule has 0 aromatic heterocycles. The Labute approximate surface area is 134 Å². The fourth-order valence-electron chi connectivity index (χ4n) is 6.23. The van der Waals surface area contributed by atoms with Gasteiger partial charge in [0.05, 0.1) is 12.9 Å². The quantitative estimate of drug-likeness (QED) is 0.704. The van der Waals surface area contributed by atoms with Gasteiger partial charge in [-0.2, -0.15) is 0 Å². The van der Waals surface area contributed by atoms with Gasteiger partial charge in [-0.05, 0) is 66.9 Å². The Hall–Kier alpha value is -1.05. The van der Waals surface area contributed by atoms with Crippen molar-refractivity contribution < 1.29 is 9.53 Å². The predicted octanol–water partition coefficient (Wildman–Crippen LogP) is 4.66. The fraction of sp³-hybridized carbons (Fsp3) is 0.750. The van der Waals surface area contributed by atoms with E-state index in [4.69, 9.17) is 4.74 Å². The lowest BCUT2D eigenvalue weighted by molar-refractivity contribution is -0.131. The maximum atomic E-state index is 12.4. The largest absolute Gasteiger partial charge is 0.501 e. The molecule has 0 aliphatic heterocycles. The van der Waals surface area contributed by atoms with Gasteiger partial charge in [0.1, 0.15) is 5.78 Å². The van der Waals surface area contributed by atoms with Crippen molar-refractivity contribution in [3.63, 3.8) is 0 Å².